The van der Waals surface area contributed by atoms with Crippen LogP contribution < -0.4 is 5.32 Å². The number of aromatic nitrogens is 1. The lowest BCUT2D eigenvalue weighted by atomic mass is 10.3. The molecule has 0 spiro atoms. The molecule has 0 atom stereocenters. The van der Waals surface area contributed by atoms with Crippen molar-refractivity contribution in [1.82, 2.24) is 10.3 Å². The second-order valence-corrected chi connectivity index (χ2v) is 3.37. The van der Waals surface area contributed by atoms with Crippen molar-refractivity contribution in [2.45, 2.75) is 6.92 Å². The van der Waals surface area contributed by atoms with Crippen molar-refractivity contribution in [1.29, 1.82) is 5.26 Å². The highest BCUT2D eigenvalue weighted by molar-refractivity contribution is 8.13. The first-order valence-corrected chi connectivity index (χ1v) is 5.18. The molecule has 72 valence electrons. The number of thioether (sulfide) groups is 1. The van der Waals surface area contributed by atoms with Crippen LogP contribution in [-0.2, 0) is 0 Å². The minimum atomic E-state index is 0.569. The van der Waals surface area contributed by atoms with E-state index in [0.717, 1.165) is 11.3 Å². The highest BCUT2D eigenvalue weighted by atomic mass is 32.2. The molecule has 0 radical (unpaired) electrons. The molecule has 0 aromatic carbocycles. The fourth-order valence-corrected chi connectivity index (χ4v) is 1.23. The summed E-state index contributed by atoms with van der Waals surface area (Å²) in [4.78, 5) is 8.22. The van der Waals surface area contributed by atoms with Crippen molar-refractivity contribution >= 4 is 22.6 Å². The normalized spacial score (nSPS) is 10.8. The van der Waals surface area contributed by atoms with Gasteiger partial charge < -0.3 is 0 Å². The molecule has 0 bridgehead atoms. The zero-order chi connectivity index (χ0) is 10.4. The van der Waals surface area contributed by atoms with Crippen molar-refractivity contribution in [3.8, 4) is 6.19 Å². The molecule has 1 aromatic heterocycles. The third kappa shape index (κ3) is 3.07. The van der Waals surface area contributed by atoms with Gasteiger partial charge in [0, 0.05) is 6.20 Å². The standard InChI is InChI=1S/C9H10N4S/c1-7-3-8(5-11-4-7)13-9(14-2)12-6-10/h3-5H,1-2H3,(H,12,13). The van der Waals surface area contributed by atoms with Crippen LogP contribution in [0.15, 0.2) is 23.5 Å². The lowest BCUT2D eigenvalue weighted by molar-refractivity contribution is 1.23. The van der Waals surface area contributed by atoms with Crippen molar-refractivity contribution in [2.24, 2.45) is 4.99 Å². The van der Waals surface area contributed by atoms with Crippen LogP contribution in [-0.4, -0.2) is 16.4 Å². The number of aryl methyl sites for hydroxylation is 1. The fraction of sp³-hybridized carbons (Fsp3) is 0.222. The molecule has 0 fully saturated rings. The number of aliphatic imine (C=N–C) groups is 1. The lowest BCUT2D eigenvalue weighted by Crippen LogP contribution is -2.12. The molecule has 0 unspecified atom stereocenters. The van der Waals surface area contributed by atoms with E-state index in [-0.39, 0.29) is 0 Å². The zero-order valence-corrected chi connectivity index (χ0v) is 8.80. The fourth-order valence-electron chi connectivity index (χ4n) is 0.890. The van der Waals surface area contributed by atoms with E-state index in [2.05, 4.69) is 15.3 Å². The molecule has 0 saturated heterocycles. The number of nitrogens with zero attached hydrogens (tertiary/aromatic N) is 3. The molecule has 1 N–H and O–H groups in total. The SMILES string of the molecule is CSC(=Nc1cncc(C)c1)NC#N. The summed E-state index contributed by atoms with van der Waals surface area (Å²) in [7, 11) is 0. The minimum absolute atomic E-state index is 0.569. The number of nitriles is 1. The Hall–Kier alpha value is -1.54. The molecular weight excluding hydrogens is 196 g/mol. The average molecular weight is 206 g/mol. The zero-order valence-electron chi connectivity index (χ0n) is 7.98. The van der Waals surface area contributed by atoms with Crippen LogP contribution in [0.3, 0.4) is 0 Å². The molecule has 0 aliphatic carbocycles. The summed E-state index contributed by atoms with van der Waals surface area (Å²) < 4.78 is 0. The number of nitrogens with one attached hydrogen (secondary N) is 1. The topological polar surface area (TPSA) is 61.1 Å². The van der Waals surface area contributed by atoms with Crippen LogP contribution in [0.25, 0.3) is 0 Å². The third-order valence-electron chi connectivity index (χ3n) is 1.45. The number of hydrogen-bond acceptors (Lipinski definition) is 4. The van der Waals surface area contributed by atoms with Crippen LogP contribution in [0.5, 0.6) is 0 Å². The van der Waals surface area contributed by atoms with Crippen LogP contribution in [0.1, 0.15) is 5.56 Å². The number of amidine groups is 1. The maximum absolute atomic E-state index is 8.43. The predicted octanol–water partition coefficient (Wildman–Crippen LogP) is 1.81. The highest BCUT2D eigenvalue weighted by Crippen LogP contribution is 2.13. The third-order valence-corrected chi connectivity index (χ3v) is 2.03. The molecule has 1 heterocycles. The van der Waals surface area contributed by atoms with Crippen molar-refractivity contribution in [3.63, 3.8) is 0 Å². The van der Waals surface area contributed by atoms with Crippen molar-refractivity contribution in [2.75, 3.05) is 6.26 Å². The van der Waals surface area contributed by atoms with Crippen molar-refractivity contribution in [3.05, 3.63) is 24.0 Å². The van der Waals surface area contributed by atoms with Gasteiger partial charge in [-0.05, 0) is 24.8 Å². The maximum Gasteiger partial charge on any atom is 0.183 e. The summed E-state index contributed by atoms with van der Waals surface area (Å²) in [5, 5.41) is 11.5. The average Bonchev–Trinajstić information content (AvgIpc) is 2.17. The summed E-state index contributed by atoms with van der Waals surface area (Å²) in [5.41, 5.74) is 1.79. The van der Waals surface area contributed by atoms with Gasteiger partial charge in [-0.15, -0.1) is 0 Å². The Morgan fingerprint density at radius 1 is 1.64 bits per heavy atom. The van der Waals surface area contributed by atoms with Crippen molar-refractivity contribution < 1.29 is 0 Å². The summed E-state index contributed by atoms with van der Waals surface area (Å²) in [6, 6.07) is 1.91. The van der Waals surface area contributed by atoms with Crippen LogP contribution in [0, 0.1) is 18.4 Å². The summed E-state index contributed by atoms with van der Waals surface area (Å²) in [6.07, 6.45) is 7.10. The Kier molecular flexibility index (Phi) is 3.95. The van der Waals surface area contributed by atoms with Gasteiger partial charge in [0.2, 0.25) is 0 Å². The predicted molar refractivity (Wildman–Crippen MR) is 58.3 cm³/mol. The first-order valence-electron chi connectivity index (χ1n) is 3.95. The summed E-state index contributed by atoms with van der Waals surface area (Å²) in [6.45, 7) is 1.95. The van der Waals surface area contributed by atoms with Gasteiger partial charge in [-0.1, -0.05) is 11.8 Å². The first kappa shape index (κ1) is 10.5. The molecule has 0 amide bonds. The molecule has 4 nitrogen and oxygen atoms in total. The van der Waals surface area contributed by atoms with Gasteiger partial charge in [0.1, 0.15) is 0 Å². The van der Waals surface area contributed by atoms with E-state index in [1.165, 1.54) is 11.8 Å². The highest BCUT2D eigenvalue weighted by Gasteiger charge is 1.96. The first-order chi connectivity index (χ1) is 6.76. The van der Waals surface area contributed by atoms with E-state index in [9.17, 15) is 0 Å². The van der Waals surface area contributed by atoms with Crippen LogP contribution in [0.2, 0.25) is 0 Å². The van der Waals surface area contributed by atoms with Gasteiger partial charge >= 0.3 is 0 Å². The Labute approximate surface area is 87.1 Å². The maximum atomic E-state index is 8.43. The van der Waals surface area contributed by atoms with E-state index in [4.69, 9.17) is 5.26 Å². The molecule has 14 heavy (non-hydrogen) atoms. The summed E-state index contributed by atoms with van der Waals surface area (Å²) in [5.74, 6) is 0. The van der Waals surface area contributed by atoms with E-state index in [0.29, 0.717) is 5.17 Å². The molecule has 5 heteroatoms. The van der Waals surface area contributed by atoms with Gasteiger partial charge in [-0.2, -0.15) is 5.26 Å². The number of rotatable bonds is 1. The van der Waals surface area contributed by atoms with Gasteiger partial charge in [0.05, 0.1) is 11.9 Å². The Morgan fingerprint density at radius 2 is 2.43 bits per heavy atom. The van der Waals surface area contributed by atoms with E-state index in [1.54, 1.807) is 12.4 Å². The van der Waals surface area contributed by atoms with E-state index >= 15 is 0 Å². The minimum Gasteiger partial charge on any atom is -0.271 e. The molecule has 0 aliphatic rings. The molecule has 0 aliphatic heterocycles. The molecule has 1 aromatic rings. The Morgan fingerprint density at radius 3 is 3.00 bits per heavy atom. The van der Waals surface area contributed by atoms with Gasteiger partial charge in [-0.25, -0.2) is 4.99 Å². The molecule has 0 saturated carbocycles. The quantitative estimate of drug-likeness (QED) is 0.329. The monoisotopic (exact) mass is 206 g/mol. The Balaban J connectivity index is 2.89. The number of pyridine rings is 1. The van der Waals surface area contributed by atoms with Gasteiger partial charge in [0.15, 0.2) is 11.4 Å². The van der Waals surface area contributed by atoms with E-state index in [1.807, 2.05) is 25.4 Å². The second kappa shape index (κ2) is 5.25. The molecular formula is C9H10N4S. The molecule has 1 rings (SSSR count). The van der Waals surface area contributed by atoms with Gasteiger partial charge in [0.25, 0.3) is 0 Å². The lowest BCUT2D eigenvalue weighted by Gasteiger charge is -1.99. The summed E-state index contributed by atoms with van der Waals surface area (Å²) >= 11 is 1.38. The van der Waals surface area contributed by atoms with E-state index < -0.39 is 0 Å². The Bertz CT molecular complexity index is 381. The van der Waals surface area contributed by atoms with Crippen LogP contribution >= 0.6 is 11.8 Å². The number of hydrogen-bond donors (Lipinski definition) is 1. The van der Waals surface area contributed by atoms with Crippen LogP contribution in [0.4, 0.5) is 5.69 Å². The van der Waals surface area contributed by atoms with Gasteiger partial charge in [-0.3, -0.25) is 10.3 Å². The second-order valence-electron chi connectivity index (χ2n) is 2.58. The smallest absolute Gasteiger partial charge is 0.183 e. The largest absolute Gasteiger partial charge is 0.271 e.